The van der Waals surface area contributed by atoms with Crippen LogP contribution in [-0.4, -0.2) is 64.4 Å². The van der Waals surface area contributed by atoms with E-state index in [0.717, 1.165) is 19.3 Å². The fourth-order valence-corrected chi connectivity index (χ4v) is 2.22. The fraction of sp³-hybridized carbons (Fsp3) is 0.889. The minimum atomic E-state index is -0.00216. The number of hydrogen-bond donors (Lipinski definition) is 2. The summed E-state index contributed by atoms with van der Waals surface area (Å²) in [5.41, 5.74) is 5.36. The minimum Gasteiger partial charge on any atom is -0.379 e. The van der Waals surface area contributed by atoms with Crippen molar-refractivity contribution < 1.29 is 23.8 Å². The van der Waals surface area contributed by atoms with Crippen molar-refractivity contribution >= 4 is 11.7 Å². The Morgan fingerprint density at radius 3 is 2.04 bits per heavy atom. The zero-order chi connectivity index (χ0) is 18.8. The summed E-state index contributed by atoms with van der Waals surface area (Å²) in [5.74, 6) is 0.158. The molecule has 7 heteroatoms. The van der Waals surface area contributed by atoms with E-state index >= 15 is 0 Å². The SMILES string of the molecule is CCC(CCC(=O)NCCCOCCOCCOCCCN)C(C)=O. The molecule has 0 aromatic heterocycles. The molecule has 1 atom stereocenters. The molecule has 1 unspecified atom stereocenters. The van der Waals surface area contributed by atoms with Crippen molar-refractivity contribution in [2.45, 2.75) is 46.0 Å². The molecule has 0 aliphatic carbocycles. The molecule has 3 N–H and O–H groups in total. The molecule has 0 saturated heterocycles. The van der Waals surface area contributed by atoms with Crippen molar-refractivity contribution in [1.82, 2.24) is 5.32 Å². The van der Waals surface area contributed by atoms with Crippen LogP contribution in [0.15, 0.2) is 0 Å². The maximum atomic E-state index is 11.7. The zero-order valence-electron chi connectivity index (χ0n) is 15.9. The van der Waals surface area contributed by atoms with Crippen LogP contribution >= 0.6 is 0 Å². The van der Waals surface area contributed by atoms with Crippen LogP contribution in [0.4, 0.5) is 0 Å². The average Bonchev–Trinajstić information content (AvgIpc) is 2.59. The van der Waals surface area contributed by atoms with Crippen LogP contribution in [0.5, 0.6) is 0 Å². The van der Waals surface area contributed by atoms with Crippen molar-refractivity contribution in [2.75, 3.05) is 52.7 Å². The largest absolute Gasteiger partial charge is 0.379 e. The van der Waals surface area contributed by atoms with Gasteiger partial charge in [0.15, 0.2) is 0 Å². The number of Topliss-reactive ketones (excluding diaryl/α,β-unsaturated/α-hetero) is 1. The van der Waals surface area contributed by atoms with Gasteiger partial charge in [-0.05, 0) is 39.2 Å². The molecule has 0 spiro atoms. The molecule has 0 aliphatic rings. The molecule has 0 radical (unpaired) electrons. The van der Waals surface area contributed by atoms with Gasteiger partial charge in [0, 0.05) is 32.1 Å². The van der Waals surface area contributed by atoms with E-state index in [9.17, 15) is 9.59 Å². The minimum absolute atomic E-state index is 0.000134. The number of rotatable bonds is 18. The van der Waals surface area contributed by atoms with Gasteiger partial charge in [0.05, 0.1) is 26.4 Å². The number of carbonyl (C=O) groups excluding carboxylic acids is 2. The van der Waals surface area contributed by atoms with Crippen molar-refractivity contribution in [3.05, 3.63) is 0 Å². The van der Waals surface area contributed by atoms with E-state index in [0.29, 0.717) is 65.6 Å². The van der Waals surface area contributed by atoms with E-state index < -0.39 is 0 Å². The Labute approximate surface area is 151 Å². The molecule has 25 heavy (non-hydrogen) atoms. The summed E-state index contributed by atoms with van der Waals surface area (Å²) in [5, 5.41) is 2.85. The summed E-state index contributed by atoms with van der Waals surface area (Å²) in [6, 6.07) is 0. The van der Waals surface area contributed by atoms with E-state index in [2.05, 4.69) is 5.32 Å². The maximum Gasteiger partial charge on any atom is 0.220 e. The van der Waals surface area contributed by atoms with Gasteiger partial charge in [-0.3, -0.25) is 9.59 Å². The standard InChI is InChI=1S/C18H36N2O5/c1-3-17(16(2)21)6-7-18(22)20-9-5-11-24-13-15-25-14-12-23-10-4-8-19/h17H,3-15,19H2,1-2H3,(H,20,22). The molecule has 0 aliphatic heterocycles. The van der Waals surface area contributed by atoms with Crippen LogP contribution in [0.2, 0.25) is 0 Å². The number of carbonyl (C=O) groups is 2. The zero-order valence-corrected chi connectivity index (χ0v) is 15.9. The normalized spacial score (nSPS) is 12.1. The Hall–Kier alpha value is -1.02. The molecular weight excluding hydrogens is 324 g/mol. The quantitative estimate of drug-likeness (QED) is 0.357. The summed E-state index contributed by atoms with van der Waals surface area (Å²) in [6.45, 7) is 8.26. The Morgan fingerprint density at radius 1 is 0.960 bits per heavy atom. The maximum absolute atomic E-state index is 11.7. The van der Waals surface area contributed by atoms with Gasteiger partial charge in [-0.2, -0.15) is 0 Å². The summed E-state index contributed by atoms with van der Waals surface area (Å²) in [4.78, 5) is 23.0. The molecule has 1 amide bonds. The summed E-state index contributed by atoms with van der Waals surface area (Å²) in [6.07, 6.45) is 3.45. The van der Waals surface area contributed by atoms with Gasteiger partial charge in [0.2, 0.25) is 5.91 Å². The topological polar surface area (TPSA) is 99.9 Å². The van der Waals surface area contributed by atoms with E-state index in [4.69, 9.17) is 19.9 Å². The van der Waals surface area contributed by atoms with Crippen LogP contribution in [0.25, 0.3) is 0 Å². The van der Waals surface area contributed by atoms with Gasteiger partial charge >= 0.3 is 0 Å². The lowest BCUT2D eigenvalue weighted by Gasteiger charge is -2.11. The number of ketones is 1. The van der Waals surface area contributed by atoms with E-state index in [1.54, 1.807) is 6.92 Å². The average molecular weight is 360 g/mol. The fourth-order valence-electron chi connectivity index (χ4n) is 2.22. The van der Waals surface area contributed by atoms with Gasteiger partial charge in [0.1, 0.15) is 5.78 Å². The molecule has 0 fully saturated rings. The molecule has 0 aromatic rings. The molecule has 0 rings (SSSR count). The highest BCUT2D eigenvalue weighted by Crippen LogP contribution is 2.11. The summed E-state index contributed by atoms with van der Waals surface area (Å²) < 4.78 is 16.1. The first-order valence-electron chi connectivity index (χ1n) is 9.32. The summed E-state index contributed by atoms with van der Waals surface area (Å²) in [7, 11) is 0. The van der Waals surface area contributed by atoms with Crippen LogP contribution in [-0.2, 0) is 23.8 Å². The van der Waals surface area contributed by atoms with Gasteiger partial charge in [-0.15, -0.1) is 0 Å². The van der Waals surface area contributed by atoms with Crippen LogP contribution in [0, 0.1) is 5.92 Å². The first-order valence-corrected chi connectivity index (χ1v) is 9.32. The predicted molar refractivity (Wildman–Crippen MR) is 97.5 cm³/mol. The second kappa shape index (κ2) is 17.8. The second-order valence-corrected chi connectivity index (χ2v) is 5.94. The van der Waals surface area contributed by atoms with E-state index in [-0.39, 0.29) is 17.6 Å². The van der Waals surface area contributed by atoms with Crippen molar-refractivity contribution in [3.8, 4) is 0 Å². The summed E-state index contributed by atoms with van der Waals surface area (Å²) >= 11 is 0. The smallest absolute Gasteiger partial charge is 0.220 e. The molecule has 0 aromatic carbocycles. The Balaban J connectivity index is 3.30. The molecule has 0 saturated carbocycles. The van der Waals surface area contributed by atoms with Gasteiger partial charge in [-0.25, -0.2) is 0 Å². The van der Waals surface area contributed by atoms with Crippen molar-refractivity contribution in [1.29, 1.82) is 0 Å². The number of amides is 1. The lowest BCUT2D eigenvalue weighted by Crippen LogP contribution is -2.26. The van der Waals surface area contributed by atoms with Crippen LogP contribution in [0.3, 0.4) is 0 Å². The highest BCUT2D eigenvalue weighted by Gasteiger charge is 2.13. The van der Waals surface area contributed by atoms with Crippen LogP contribution < -0.4 is 11.1 Å². The Kier molecular flexibility index (Phi) is 17.1. The lowest BCUT2D eigenvalue weighted by molar-refractivity contribution is -0.123. The van der Waals surface area contributed by atoms with E-state index in [1.165, 1.54) is 0 Å². The third kappa shape index (κ3) is 16.2. The second-order valence-electron chi connectivity index (χ2n) is 5.94. The molecule has 7 nitrogen and oxygen atoms in total. The molecular formula is C18H36N2O5. The van der Waals surface area contributed by atoms with Crippen LogP contribution in [0.1, 0.15) is 46.0 Å². The number of nitrogens with two attached hydrogens (primary N) is 1. The van der Waals surface area contributed by atoms with Crippen molar-refractivity contribution in [2.24, 2.45) is 11.7 Å². The molecule has 0 bridgehead atoms. The Morgan fingerprint density at radius 2 is 1.52 bits per heavy atom. The number of hydrogen-bond acceptors (Lipinski definition) is 6. The molecule has 148 valence electrons. The third-order valence-corrected chi connectivity index (χ3v) is 3.81. The number of nitrogens with one attached hydrogen (secondary N) is 1. The predicted octanol–water partition coefficient (Wildman–Crippen LogP) is 1.29. The van der Waals surface area contributed by atoms with Gasteiger partial charge < -0.3 is 25.3 Å². The highest BCUT2D eigenvalue weighted by atomic mass is 16.5. The molecule has 0 heterocycles. The van der Waals surface area contributed by atoms with Gasteiger partial charge in [0.25, 0.3) is 0 Å². The third-order valence-electron chi connectivity index (χ3n) is 3.81. The van der Waals surface area contributed by atoms with Crippen molar-refractivity contribution in [3.63, 3.8) is 0 Å². The lowest BCUT2D eigenvalue weighted by atomic mass is 9.96. The monoisotopic (exact) mass is 360 g/mol. The Bertz CT molecular complexity index is 339. The first-order chi connectivity index (χ1) is 12.1. The van der Waals surface area contributed by atoms with E-state index in [1.807, 2.05) is 6.92 Å². The first kappa shape index (κ1) is 24.0. The highest BCUT2D eigenvalue weighted by molar-refractivity contribution is 5.80. The number of ether oxygens (including phenoxy) is 3. The van der Waals surface area contributed by atoms with Gasteiger partial charge in [-0.1, -0.05) is 6.92 Å².